The third-order valence-corrected chi connectivity index (χ3v) is 7.00. The Morgan fingerprint density at radius 1 is 1.23 bits per heavy atom. The van der Waals surface area contributed by atoms with Gasteiger partial charge in [0, 0.05) is 11.1 Å². The van der Waals surface area contributed by atoms with Crippen molar-refractivity contribution < 1.29 is 41.0 Å². The fraction of sp³-hybridized carbons (Fsp3) is 0.250. The molecule has 14 heteroatoms. The van der Waals surface area contributed by atoms with Gasteiger partial charge in [-0.15, -0.1) is 24.5 Å². The summed E-state index contributed by atoms with van der Waals surface area (Å²) in [4.78, 5) is 22.8. The largest absolute Gasteiger partial charge is 0.573 e. The van der Waals surface area contributed by atoms with Crippen LogP contribution >= 0.6 is 22.9 Å². The number of anilines is 1. The molecular formula is C16H14ClF3N2O6S2. The molecule has 2 aromatic rings. The van der Waals surface area contributed by atoms with Gasteiger partial charge in [0.05, 0.1) is 5.56 Å². The second kappa shape index (κ2) is 8.06. The number of hydrogen-bond donors (Lipinski definition) is 3. The number of carbonyl (C=O) groups excluding carboxylic acids is 2. The Balaban J connectivity index is 2.60. The fourth-order valence-electron chi connectivity index (χ4n) is 2.05. The minimum atomic E-state index is -5.20. The first-order chi connectivity index (χ1) is 13.5. The number of halogens is 4. The molecule has 0 atom stereocenters. The smallest absolute Gasteiger partial charge is 0.404 e. The van der Waals surface area contributed by atoms with Gasteiger partial charge in [0.2, 0.25) is 9.84 Å². The van der Waals surface area contributed by atoms with Crippen molar-refractivity contribution >= 4 is 49.6 Å². The van der Waals surface area contributed by atoms with Crippen molar-refractivity contribution in [2.24, 2.45) is 5.73 Å². The molecule has 0 aliphatic heterocycles. The van der Waals surface area contributed by atoms with Crippen LogP contribution in [0.5, 0.6) is 5.75 Å². The molecule has 0 saturated carbocycles. The number of nitrogens with two attached hydrogens (primary N) is 1. The predicted octanol–water partition coefficient (Wildman–Crippen LogP) is 2.94. The molecule has 0 bridgehead atoms. The minimum absolute atomic E-state index is 0.213. The molecule has 0 saturated heterocycles. The van der Waals surface area contributed by atoms with Crippen molar-refractivity contribution in [1.29, 1.82) is 0 Å². The van der Waals surface area contributed by atoms with Crippen LogP contribution in [0.3, 0.4) is 0 Å². The molecule has 0 radical (unpaired) electrons. The Hall–Kier alpha value is -2.35. The number of carbonyl (C=O) groups is 2. The SMILES string of the molecule is CC(C)(O)C(=O)Nc1sc(S(=O)(=O)c2ccc(Cl)cc2OC(F)(F)F)cc1C(N)=O. The van der Waals surface area contributed by atoms with Gasteiger partial charge in [-0.3, -0.25) is 9.59 Å². The van der Waals surface area contributed by atoms with Crippen LogP contribution in [0, 0.1) is 0 Å². The molecule has 0 spiro atoms. The van der Waals surface area contributed by atoms with Gasteiger partial charge in [0.25, 0.3) is 11.8 Å². The molecule has 1 aromatic carbocycles. The van der Waals surface area contributed by atoms with E-state index in [1.165, 1.54) is 0 Å². The van der Waals surface area contributed by atoms with E-state index in [1.807, 2.05) is 0 Å². The molecule has 0 fully saturated rings. The predicted molar refractivity (Wildman–Crippen MR) is 101 cm³/mol. The number of aliphatic hydroxyl groups is 1. The molecule has 4 N–H and O–H groups in total. The molecule has 30 heavy (non-hydrogen) atoms. The summed E-state index contributed by atoms with van der Waals surface area (Å²) in [6.45, 7) is 2.29. The molecule has 1 aromatic heterocycles. The van der Waals surface area contributed by atoms with E-state index in [9.17, 15) is 36.3 Å². The second-order valence-electron chi connectivity index (χ2n) is 6.33. The lowest BCUT2D eigenvalue weighted by Crippen LogP contribution is -2.36. The topological polar surface area (TPSA) is 136 Å². The summed E-state index contributed by atoms with van der Waals surface area (Å²) < 4.78 is 67.1. The van der Waals surface area contributed by atoms with Crippen LogP contribution in [0.4, 0.5) is 18.2 Å². The highest BCUT2D eigenvalue weighted by Crippen LogP contribution is 2.40. The minimum Gasteiger partial charge on any atom is -0.404 e. The Morgan fingerprint density at radius 3 is 2.33 bits per heavy atom. The van der Waals surface area contributed by atoms with Crippen molar-refractivity contribution in [3.05, 3.63) is 34.9 Å². The maximum absolute atomic E-state index is 12.9. The highest BCUT2D eigenvalue weighted by atomic mass is 35.5. The van der Waals surface area contributed by atoms with Crippen LogP contribution in [-0.2, 0) is 14.6 Å². The first kappa shape index (κ1) is 23.9. The van der Waals surface area contributed by atoms with E-state index in [-0.39, 0.29) is 10.0 Å². The molecular weight excluding hydrogens is 473 g/mol. The summed E-state index contributed by atoms with van der Waals surface area (Å²) in [5, 5.41) is 11.4. The number of nitrogens with one attached hydrogen (secondary N) is 1. The molecule has 2 rings (SSSR count). The average Bonchev–Trinajstić information content (AvgIpc) is 2.97. The number of rotatable bonds is 6. The van der Waals surface area contributed by atoms with Gasteiger partial charge >= 0.3 is 6.36 Å². The average molecular weight is 487 g/mol. The molecule has 0 aliphatic rings. The lowest BCUT2D eigenvalue weighted by Gasteiger charge is -2.16. The number of hydrogen-bond acceptors (Lipinski definition) is 7. The van der Waals surface area contributed by atoms with E-state index in [4.69, 9.17) is 17.3 Å². The summed E-state index contributed by atoms with van der Waals surface area (Å²) in [6, 6.07) is 3.31. The van der Waals surface area contributed by atoms with Gasteiger partial charge in [-0.1, -0.05) is 11.6 Å². The van der Waals surface area contributed by atoms with Crippen molar-refractivity contribution in [3.63, 3.8) is 0 Å². The van der Waals surface area contributed by atoms with Crippen molar-refractivity contribution in [2.45, 2.75) is 34.9 Å². The van der Waals surface area contributed by atoms with Gasteiger partial charge in [-0.25, -0.2) is 8.42 Å². The lowest BCUT2D eigenvalue weighted by molar-refractivity contribution is -0.275. The summed E-state index contributed by atoms with van der Waals surface area (Å²) >= 11 is 6.00. The van der Waals surface area contributed by atoms with E-state index in [1.54, 1.807) is 0 Å². The molecule has 164 valence electrons. The van der Waals surface area contributed by atoms with Crippen molar-refractivity contribution in [1.82, 2.24) is 0 Å². The Kier molecular flexibility index (Phi) is 6.43. The third-order valence-electron chi connectivity index (χ3n) is 3.44. The van der Waals surface area contributed by atoms with Crippen LogP contribution in [-0.4, -0.2) is 37.3 Å². The van der Waals surface area contributed by atoms with Gasteiger partial charge < -0.3 is 20.9 Å². The Morgan fingerprint density at radius 2 is 1.83 bits per heavy atom. The van der Waals surface area contributed by atoms with Crippen LogP contribution < -0.4 is 15.8 Å². The summed E-state index contributed by atoms with van der Waals surface area (Å²) in [7, 11) is -4.65. The quantitative estimate of drug-likeness (QED) is 0.574. The Labute approximate surface area is 177 Å². The number of thiophene rings is 1. The van der Waals surface area contributed by atoms with Crippen LogP contribution in [0.1, 0.15) is 24.2 Å². The first-order valence-electron chi connectivity index (χ1n) is 7.80. The molecule has 8 nitrogen and oxygen atoms in total. The van der Waals surface area contributed by atoms with E-state index in [0.717, 1.165) is 32.0 Å². The van der Waals surface area contributed by atoms with Crippen LogP contribution in [0.25, 0.3) is 0 Å². The highest BCUT2D eigenvalue weighted by Gasteiger charge is 2.36. The zero-order valence-electron chi connectivity index (χ0n) is 15.2. The number of alkyl halides is 3. The van der Waals surface area contributed by atoms with Crippen molar-refractivity contribution in [2.75, 3.05) is 5.32 Å². The summed E-state index contributed by atoms with van der Waals surface area (Å²) in [5.41, 5.74) is 2.91. The Bertz CT molecular complexity index is 1110. The normalized spacial score (nSPS) is 12.5. The molecule has 0 unspecified atom stereocenters. The fourth-order valence-corrected chi connectivity index (χ4v) is 5.06. The van der Waals surface area contributed by atoms with Gasteiger partial charge in [-0.05, 0) is 32.0 Å². The number of benzene rings is 1. The molecule has 0 aliphatic carbocycles. The molecule has 2 amide bonds. The van der Waals surface area contributed by atoms with Crippen LogP contribution in [0.15, 0.2) is 33.4 Å². The summed E-state index contributed by atoms with van der Waals surface area (Å²) in [5.74, 6) is -3.16. The number of amides is 2. The standard InChI is InChI=1S/C16H14ClF3N2O6S2/c1-15(2,25)14(24)22-13-8(12(21)23)6-11(29-13)30(26,27)10-4-3-7(17)5-9(10)28-16(18,19)20/h3-6,25H,1-2H3,(H2,21,23)(H,22,24). The second-order valence-corrected chi connectivity index (χ2v) is 9.96. The number of sulfone groups is 1. The number of ether oxygens (including phenoxy) is 1. The van der Waals surface area contributed by atoms with Crippen LogP contribution in [0.2, 0.25) is 5.02 Å². The zero-order chi connectivity index (χ0) is 23.1. The summed E-state index contributed by atoms with van der Waals surface area (Å²) in [6.07, 6.45) is -5.20. The number of primary amides is 1. The molecule has 1 heterocycles. The van der Waals surface area contributed by atoms with E-state index >= 15 is 0 Å². The maximum Gasteiger partial charge on any atom is 0.573 e. The first-order valence-corrected chi connectivity index (χ1v) is 10.5. The monoisotopic (exact) mass is 486 g/mol. The van der Waals surface area contributed by atoms with E-state index < -0.39 is 54.0 Å². The van der Waals surface area contributed by atoms with Gasteiger partial charge in [-0.2, -0.15) is 0 Å². The highest BCUT2D eigenvalue weighted by molar-refractivity contribution is 7.93. The zero-order valence-corrected chi connectivity index (χ0v) is 17.6. The van der Waals surface area contributed by atoms with E-state index in [2.05, 4.69) is 10.1 Å². The van der Waals surface area contributed by atoms with Crippen molar-refractivity contribution in [3.8, 4) is 5.75 Å². The maximum atomic E-state index is 12.9. The lowest BCUT2D eigenvalue weighted by atomic mass is 10.1. The van der Waals surface area contributed by atoms with Gasteiger partial charge in [0.1, 0.15) is 25.5 Å². The van der Waals surface area contributed by atoms with Gasteiger partial charge in [0.15, 0.2) is 0 Å². The third kappa shape index (κ3) is 5.41. The van der Waals surface area contributed by atoms with E-state index in [0.29, 0.717) is 17.4 Å².